The normalized spacial score (nSPS) is 10.8. The van der Waals surface area contributed by atoms with Crippen molar-refractivity contribution in [2.75, 3.05) is 19.4 Å². The van der Waals surface area contributed by atoms with Gasteiger partial charge in [-0.15, -0.1) is 11.8 Å². The lowest BCUT2D eigenvalue weighted by Crippen LogP contribution is -2.27. The Morgan fingerprint density at radius 3 is 2.92 bits per heavy atom. The number of aryl methyl sites for hydroxylation is 1. The quantitative estimate of drug-likeness (QED) is 0.662. The molecule has 0 aliphatic heterocycles. The van der Waals surface area contributed by atoms with E-state index in [-0.39, 0.29) is 5.91 Å². The van der Waals surface area contributed by atoms with Crippen molar-refractivity contribution in [3.05, 3.63) is 65.6 Å². The van der Waals surface area contributed by atoms with E-state index in [1.807, 2.05) is 40.9 Å². The third-order valence-corrected chi connectivity index (χ3v) is 5.01. The first-order chi connectivity index (χ1) is 12.7. The number of carbonyl (C=O) groups is 1. The molecule has 0 aliphatic rings. The molecule has 0 spiro atoms. The number of nitrogens with one attached hydrogen (secondary N) is 1. The van der Waals surface area contributed by atoms with Gasteiger partial charge in [0, 0.05) is 24.7 Å². The zero-order valence-corrected chi connectivity index (χ0v) is 15.9. The molecular weight excluding hydrogens is 346 g/mol. The number of nitrogens with zero attached hydrogens (tertiary/aromatic N) is 2. The van der Waals surface area contributed by atoms with Crippen LogP contribution < -0.4 is 10.1 Å². The highest BCUT2D eigenvalue weighted by Crippen LogP contribution is 2.17. The first-order valence-electron chi connectivity index (χ1n) is 8.56. The summed E-state index contributed by atoms with van der Waals surface area (Å²) in [5.41, 5.74) is 4.22. The van der Waals surface area contributed by atoms with Gasteiger partial charge < -0.3 is 14.5 Å². The van der Waals surface area contributed by atoms with Gasteiger partial charge in [-0.25, -0.2) is 4.98 Å². The smallest absolute Gasteiger partial charge is 0.230 e. The molecule has 6 heteroatoms. The molecule has 2 heterocycles. The van der Waals surface area contributed by atoms with Gasteiger partial charge in [0.1, 0.15) is 11.4 Å². The van der Waals surface area contributed by atoms with E-state index in [4.69, 9.17) is 4.74 Å². The van der Waals surface area contributed by atoms with E-state index < -0.39 is 0 Å². The van der Waals surface area contributed by atoms with Gasteiger partial charge in [0.05, 0.1) is 18.6 Å². The van der Waals surface area contributed by atoms with Gasteiger partial charge in [-0.2, -0.15) is 0 Å². The summed E-state index contributed by atoms with van der Waals surface area (Å²) in [4.78, 5) is 16.6. The molecule has 2 aromatic heterocycles. The molecule has 0 atom stereocenters. The van der Waals surface area contributed by atoms with Crippen LogP contribution in [0.2, 0.25) is 0 Å². The SMILES string of the molecule is COc1ccccc1CCNC(=O)CSCc1cn2cc(C)ccc2n1. The Hall–Kier alpha value is -2.47. The Balaban J connectivity index is 1.41. The predicted molar refractivity (Wildman–Crippen MR) is 106 cm³/mol. The van der Waals surface area contributed by atoms with Crippen LogP contribution in [0.5, 0.6) is 5.75 Å². The molecular formula is C20H23N3O2S. The highest BCUT2D eigenvalue weighted by molar-refractivity contribution is 7.99. The molecule has 0 saturated heterocycles. The van der Waals surface area contributed by atoms with Crippen molar-refractivity contribution in [2.24, 2.45) is 0 Å². The number of pyridine rings is 1. The van der Waals surface area contributed by atoms with Gasteiger partial charge in [-0.05, 0) is 36.6 Å². The van der Waals surface area contributed by atoms with Crippen molar-refractivity contribution in [1.29, 1.82) is 0 Å². The summed E-state index contributed by atoms with van der Waals surface area (Å²) in [7, 11) is 1.66. The van der Waals surface area contributed by atoms with Crippen molar-refractivity contribution < 1.29 is 9.53 Å². The number of thioether (sulfide) groups is 1. The summed E-state index contributed by atoms with van der Waals surface area (Å²) in [6, 6.07) is 11.9. The van der Waals surface area contributed by atoms with Crippen LogP contribution in [-0.2, 0) is 17.0 Å². The van der Waals surface area contributed by atoms with Gasteiger partial charge in [0.15, 0.2) is 0 Å². The number of fused-ring (bicyclic) bond motifs is 1. The average Bonchev–Trinajstić information content (AvgIpc) is 3.04. The number of benzene rings is 1. The van der Waals surface area contributed by atoms with E-state index in [0.717, 1.165) is 34.8 Å². The maximum absolute atomic E-state index is 12.0. The first kappa shape index (κ1) is 18.3. The molecule has 1 N–H and O–H groups in total. The second-order valence-corrected chi connectivity index (χ2v) is 7.09. The van der Waals surface area contributed by atoms with Crippen molar-refractivity contribution in [1.82, 2.24) is 14.7 Å². The number of para-hydroxylation sites is 1. The Morgan fingerprint density at radius 1 is 1.23 bits per heavy atom. The van der Waals surface area contributed by atoms with E-state index in [2.05, 4.69) is 29.5 Å². The molecule has 5 nitrogen and oxygen atoms in total. The van der Waals surface area contributed by atoms with Crippen molar-refractivity contribution in [3.63, 3.8) is 0 Å². The molecule has 1 amide bonds. The molecule has 1 aromatic carbocycles. The third-order valence-electron chi connectivity index (χ3n) is 4.04. The number of methoxy groups -OCH3 is 1. The van der Waals surface area contributed by atoms with Crippen molar-refractivity contribution in [3.8, 4) is 5.75 Å². The maximum atomic E-state index is 12.0. The van der Waals surface area contributed by atoms with Gasteiger partial charge in [-0.1, -0.05) is 24.3 Å². The molecule has 3 aromatic rings. The Bertz CT molecular complexity index is 892. The molecule has 0 aliphatic carbocycles. The molecule has 0 saturated carbocycles. The van der Waals surface area contributed by atoms with Gasteiger partial charge in [0.2, 0.25) is 5.91 Å². The van der Waals surface area contributed by atoms with Crippen LogP contribution in [0.3, 0.4) is 0 Å². The Morgan fingerprint density at radius 2 is 2.08 bits per heavy atom. The minimum Gasteiger partial charge on any atom is -0.496 e. The lowest BCUT2D eigenvalue weighted by Gasteiger charge is -2.09. The second-order valence-electron chi connectivity index (χ2n) is 6.11. The summed E-state index contributed by atoms with van der Waals surface area (Å²) >= 11 is 1.58. The van der Waals surface area contributed by atoms with E-state index in [0.29, 0.717) is 12.3 Å². The molecule has 0 radical (unpaired) electrons. The summed E-state index contributed by atoms with van der Waals surface area (Å²) in [6.45, 7) is 2.66. The number of ether oxygens (including phenoxy) is 1. The minimum absolute atomic E-state index is 0.0458. The van der Waals surface area contributed by atoms with Crippen LogP contribution in [0, 0.1) is 6.92 Å². The van der Waals surface area contributed by atoms with Crippen molar-refractivity contribution in [2.45, 2.75) is 19.1 Å². The number of hydrogen-bond donors (Lipinski definition) is 1. The number of imidazole rings is 1. The highest BCUT2D eigenvalue weighted by Gasteiger charge is 2.06. The first-order valence-corrected chi connectivity index (χ1v) is 9.72. The van der Waals surface area contributed by atoms with E-state index >= 15 is 0 Å². The predicted octanol–water partition coefficient (Wildman–Crippen LogP) is 3.24. The van der Waals surface area contributed by atoms with Gasteiger partial charge >= 0.3 is 0 Å². The second kappa shape index (κ2) is 8.76. The summed E-state index contributed by atoms with van der Waals surface area (Å²) in [6.07, 6.45) is 4.84. The zero-order valence-electron chi connectivity index (χ0n) is 15.1. The number of hydrogen-bond acceptors (Lipinski definition) is 4. The van der Waals surface area contributed by atoms with E-state index in [1.165, 1.54) is 5.56 Å². The van der Waals surface area contributed by atoms with Crippen LogP contribution >= 0.6 is 11.8 Å². The average molecular weight is 369 g/mol. The fraction of sp³-hybridized carbons (Fsp3) is 0.300. The molecule has 0 fully saturated rings. The minimum atomic E-state index is 0.0458. The molecule has 3 rings (SSSR count). The Labute approximate surface area is 157 Å². The number of amides is 1. The summed E-state index contributed by atoms with van der Waals surface area (Å²) in [5, 5.41) is 2.96. The van der Waals surface area contributed by atoms with Crippen molar-refractivity contribution >= 4 is 23.3 Å². The van der Waals surface area contributed by atoms with Crippen LogP contribution in [0.1, 0.15) is 16.8 Å². The van der Waals surface area contributed by atoms with E-state index in [1.54, 1.807) is 18.9 Å². The topological polar surface area (TPSA) is 55.6 Å². The fourth-order valence-corrected chi connectivity index (χ4v) is 3.51. The van der Waals surface area contributed by atoms with Crippen LogP contribution in [-0.4, -0.2) is 34.7 Å². The molecule has 0 unspecified atom stereocenters. The van der Waals surface area contributed by atoms with Gasteiger partial charge in [0.25, 0.3) is 0 Å². The Kier molecular flexibility index (Phi) is 6.17. The zero-order chi connectivity index (χ0) is 18.4. The number of aromatic nitrogens is 2. The fourth-order valence-electron chi connectivity index (χ4n) is 2.77. The number of carbonyl (C=O) groups excluding carboxylic acids is 1. The standard InChI is InChI=1S/C20H23N3O2S/c1-15-7-8-19-22-17(12-23(19)11-15)13-26-14-20(24)21-10-9-16-5-3-4-6-18(16)25-2/h3-8,11-12H,9-10,13-14H2,1-2H3,(H,21,24). The van der Waals surface area contributed by atoms with Crippen LogP contribution in [0.4, 0.5) is 0 Å². The lowest BCUT2D eigenvalue weighted by molar-refractivity contribution is -0.118. The van der Waals surface area contributed by atoms with Gasteiger partial charge in [-0.3, -0.25) is 4.79 Å². The third kappa shape index (κ3) is 4.79. The summed E-state index contributed by atoms with van der Waals surface area (Å²) < 4.78 is 7.35. The van der Waals surface area contributed by atoms with Crippen LogP contribution in [0.25, 0.3) is 5.65 Å². The molecule has 26 heavy (non-hydrogen) atoms. The molecule has 0 bridgehead atoms. The molecule has 136 valence electrons. The lowest BCUT2D eigenvalue weighted by atomic mass is 10.1. The number of rotatable bonds is 8. The largest absolute Gasteiger partial charge is 0.496 e. The summed E-state index contributed by atoms with van der Waals surface area (Å²) in [5.74, 6) is 2.06. The highest BCUT2D eigenvalue weighted by atomic mass is 32.2. The van der Waals surface area contributed by atoms with Crippen LogP contribution in [0.15, 0.2) is 48.8 Å². The maximum Gasteiger partial charge on any atom is 0.230 e. The monoisotopic (exact) mass is 369 g/mol. The van der Waals surface area contributed by atoms with E-state index in [9.17, 15) is 4.79 Å².